The molecule has 0 unspecified atom stereocenters. The molecule has 0 radical (unpaired) electrons. The standard InChI is InChI=1S/C11H12INO2/c12-10-3-1-9(2-4-10)7-13-5-6-15-8-11(13)14/h1-4H,5-8H2. The number of ether oxygens (including phenoxy) is 1. The maximum atomic E-state index is 11.5. The number of amides is 1. The van der Waals surface area contributed by atoms with Crippen LogP contribution in [0.1, 0.15) is 5.56 Å². The van der Waals surface area contributed by atoms with Crippen LogP contribution in [0, 0.1) is 3.57 Å². The van der Waals surface area contributed by atoms with E-state index in [1.165, 1.54) is 9.13 Å². The highest BCUT2D eigenvalue weighted by molar-refractivity contribution is 14.1. The summed E-state index contributed by atoms with van der Waals surface area (Å²) in [7, 11) is 0. The minimum absolute atomic E-state index is 0.0831. The number of carbonyl (C=O) groups is 1. The minimum Gasteiger partial charge on any atom is -0.370 e. The molecule has 1 aromatic rings. The van der Waals surface area contributed by atoms with Crippen molar-refractivity contribution < 1.29 is 9.53 Å². The maximum absolute atomic E-state index is 11.5. The van der Waals surface area contributed by atoms with E-state index >= 15 is 0 Å². The van der Waals surface area contributed by atoms with Crippen molar-refractivity contribution in [2.45, 2.75) is 6.54 Å². The molecule has 80 valence electrons. The molecule has 1 heterocycles. The van der Waals surface area contributed by atoms with Gasteiger partial charge in [-0.05, 0) is 40.3 Å². The van der Waals surface area contributed by atoms with Crippen LogP contribution in [0.25, 0.3) is 0 Å². The number of nitrogens with zero attached hydrogens (tertiary/aromatic N) is 1. The third-order valence-electron chi connectivity index (χ3n) is 2.37. The van der Waals surface area contributed by atoms with E-state index in [1.807, 2.05) is 4.90 Å². The zero-order valence-electron chi connectivity index (χ0n) is 8.28. The Morgan fingerprint density at radius 2 is 2.07 bits per heavy atom. The summed E-state index contributed by atoms with van der Waals surface area (Å²) < 4.78 is 6.29. The first-order valence-corrected chi connectivity index (χ1v) is 5.93. The molecule has 0 aliphatic carbocycles. The number of benzene rings is 1. The smallest absolute Gasteiger partial charge is 0.248 e. The van der Waals surface area contributed by atoms with E-state index in [0.29, 0.717) is 19.7 Å². The van der Waals surface area contributed by atoms with Crippen molar-refractivity contribution in [2.24, 2.45) is 0 Å². The molecule has 0 bridgehead atoms. The van der Waals surface area contributed by atoms with Crippen LogP contribution in [-0.4, -0.2) is 30.6 Å². The Labute approximate surface area is 103 Å². The fourth-order valence-electron chi connectivity index (χ4n) is 1.53. The lowest BCUT2D eigenvalue weighted by atomic mass is 10.2. The van der Waals surface area contributed by atoms with Gasteiger partial charge in [-0.15, -0.1) is 0 Å². The first-order chi connectivity index (χ1) is 7.25. The molecule has 4 heteroatoms. The van der Waals surface area contributed by atoms with E-state index in [9.17, 15) is 4.79 Å². The van der Waals surface area contributed by atoms with Crippen molar-refractivity contribution in [3.05, 3.63) is 33.4 Å². The summed E-state index contributed by atoms with van der Waals surface area (Å²) >= 11 is 2.27. The predicted octanol–water partition coefficient (Wildman–Crippen LogP) is 1.65. The summed E-state index contributed by atoms with van der Waals surface area (Å²) in [6.07, 6.45) is 0. The Balaban J connectivity index is 2.01. The summed E-state index contributed by atoms with van der Waals surface area (Å²) in [5.74, 6) is 0.0831. The number of halogens is 1. The summed E-state index contributed by atoms with van der Waals surface area (Å²) in [6, 6.07) is 8.23. The Morgan fingerprint density at radius 3 is 2.73 bits per heavy atom. The first kappa shape index (κ1) is 10.9. The van der Waals surface area contributed by atoms with Gasteiger partial charge in [-0.3, -0.25) is 4.79 Å². The molecule has 1 aromatic carbocycles. The van der Waals surface area contributed by atoms with Crippen molar-refractivity contribution in [2.75, 3.05) is 19.8 Å². The molecule has 1 amide bonds. The van der Waals surface area contributed by atoms with Gasteiger partial charge < -0.3 is 9.64 Å². The third-order valence-corrected chi connectivity index (χ3v) is 3.09. The predicted molar refractivity (Wildman–Crippen MR) is 65.4 cm³/mol. The van der Waals surface area contributed by atoms with Gasteiger partial charge in [-0.25, -0.2) is 0 Å². The van der Waals surface area contributed by atoms with Crippen LogP contribution in [0.4, 0.5) is 0 Å². The molecule has 3 nitrogen and oxygen atoms in total. The average molecular weight is 317 g/mol. The van der Waals surface area contributed by atoms with Crippen molar-refractivity contribution >= 4 is 28.5 Å². The fraction of sp³-hybridized carbons (Fsp3) is 0.364. The molecular formula is C11H12INO2. The second-order valence-electron chi connectivity index (χ2n) is 3.49. The van der Waals surface area contributed by atoms with Gasteiger partial charge in [0.15, 0.2) is 0 Å². The molecule has 1 fully saturated rings. The number of morpholine rings is 1. The average Bonchev–Trinajstić information content (AvgIpc) is 2.25. The second-order valence-corrected chi connectivity index (χ2v) is 4.74. The Kier molecular flexibility index (Phi) is 3.58. The molecule has 1 aliphatic heterocycles. The minimum atomic E-state index is 0.0831. The normalized spacial score (nSPS) is 16.9. The quantitative estimate of drug-likeness (QED) is 0.777. The third kappa shape index (κ3) is 2.92. The number of carbonyl (C=O) groups excluding carboxylic acids is 1. The first-order valence-electron chi connectivity index (χ1n) is 4.85. The molecule has 0 N–H and O–H groups in total. The lowest BCUT2D eigenvalue weighted by molar-refractivity contribution is -0.143. The highest BCUT2D eigenvalue weighted by Crippen LogP contribution is 2.10. The number of hydrogen-bond donors (Lipinski definition) is 0. The van der Waals surface area contributed by atoms with E-state index in [1.54, 1.807) is 0 Å². The maximum Gasteiger partial charge on any atom is 0.248 e. The van der Waals surface area contributed by atoms with E-state index in [-0.39, 0.29) is 12.5 Å². The van der Waals surface area contributed by atoms with Crippen LogP contribution in [0.15, 0.2) is 24.3 Å². The van der Waals surface area contributed by atoms with Crippen LogP contribution in [0.5, 0.6) is 0 Å². The topological polar surface area (TPSA) is 29.5 Å². The molecule has 0 saturated carbocycles. The molecule has 2 rings (SSSR count). The summed E-state index contributed by atoms with van der Waals surface area (Å²) in [4.78, 5) is 13.3. The lowest BCUT2D eigenvalue weighted by Crippen LogP contribution is -2.40. The zero-order chi connectivity index (χ0) is 10.7. The monoisotopic (exact) mass is 317 g/mol. The second kappa shape index (κ2) is 4.94. The van der Waals surface area contributed by atoms with E-state index in [4.69, 9.17) is 4.74 Å². The van der Waals surface area contributed by atoms with Gasteiger partial charge in [0.2, 0.25) is 5.91 Å². The van der Waals surface area contributed by atoms with Gasteiger partial charge in [0.25, 0.3) is 0 Å². The van der Waals surface area contributed by atoms with Gasteiger partial charge in [-0.1, -0.05) is 12.1 Å². The van der Waals surface area contributed by atoms with Crippen LogP contribution in [-0.2, 0) is 16.1 Å². The van der Waals surface area contributed by atoms with Crippen LogP contribution in [0.2, 0.25) is 0 Å². The van der Waals surface area contributed by atoms with Crippen molar-refractivity contribution in [3.63, 3.8) is 0 Å². The summed E-state index contributed by atoms with van der Waals surface area (Å²) in [5, 5.41) is 0. The lowest BCUT2D eigenvalue weighted by Gasteiger charge is -2.26. The van der Waals surface area contributed by atoms with Gasteiger partial charge >= 0.3 is 0 Å². The van der Waals surface area contributed by atoms with Gasteiger partial charge in [0.1, 0.15) is 6.61 Å². The van der Waals surface area contributed by atoms with Crippen molar-refractivity contribution in [1.29, 1.82) is 0 Å². The molecular weight excluding hydrogens is 305 g/mol. The van der Waals surface area contributed by atoms with E-state index in [2.05, 4.69) is 46.9 Å². The summed E-state index contributed by atoms with van der Waals surface area (Å²) in [6.45, 7) is 2.27. The largest absolute Gasteiger partial charge is 0.370 e. The van der Waals surface area contributed by atoms with Gasteiger partial charge in [-0.2, -0.15) is 0 Å². The Hall–Kier alpha value is -0.620. The molecule has 1 saturated heterocycles. The Bertz CT molecular complexity index is 350. The van der Waals surface area contributed by atoms with Crippen molar-refractivity contribution in [3.8, 4) is 0 Å². The van der Waals surface area contributed by atoms with Gasteiger partial charge in [0.05, 0.1) is 6.61 Å². The number of hydrogen-bond acceptors (Lipinski definition) is 2. The molecule has 15 heavy (non-hydrogen) atoms. The SMILES string of the molecule is O=C1COCCN1Cc1ccc(I)cc1. The summed E-state index contributed by atoms with van der Waals surface area (Å²) in [5.41, 5.74) is 1.17. The Morgan fingerprint density at radius 1 is 1.33 bits per heavy atom. The highest BCUT2D eigenvalue weighted by atomic mass is 127. The number of rotatable bonds is 2. The molecule has 0 atom stereocenters. The molecule has 0 aromatic heterocycles. The molecule has 1 aliphatic rings. The van der Waals surface area contributed by atoms with Crippen molar-refractivity contribution in [1.82, 2.24) is 4.90 Å². The highest BCUT2D eigenvalue weighted by Gasteiger charge is 2.18. The van der Waals surface area contributed by atoms with Gasteiger partial charge in [0, 0.05) is 16.7 Å². The van der Waals surface area contributed by atoms with Crippen LogP contribution >= 0.6 is 22.6 Å². The van der Waals surface area contributed by atoms with Crippen LogP contribution in [0.3, 0.4) is 0 Å². The fourth-order valence-corrected chi connectivity index (χ4v) is 1.89. The van der Waals surface area contributed by atoms with E-state index < -0.39 is 0 Å². The molecule has 0 spiro atoms. The zero-order valence-corrected chi connectivity index (χ0v) is 10.4. The van der Waals surface area contributed by atoms with E-state index in [0.717, 1.165) is 0 Å². The van der Waals surface area contributed by atoms with Crippen LogP contribution < -0.4 is 0 Å².